The molecule has 3 rings (SSSR count). The van der Waals surface area contributed by atoms with E-state index in [1.54, 1.807) is 17.6 Å². The first kappa shape index (κ1) is 11.5. The Labute approximate surface area is 110 Å². The molecule has 1 aromatic carbocycles. The van der Waals surface area contributed by atoms with Gasteiger partial charge in [-0.3, -0.25) is 14.9 Å². The lowest BCUT2D eigenvalue weighted by Gasteiger charge is -1.97. The molecule has 0 fully saturated rings. The van der Waals surface area contributed by atoms with E-state index in [2.05, 4.69) is 10.1 Å². The molecule has 0 bridgehead atoms. The Morgan fingerprint density at radius 3 is 2.68 bits per heavy atom. The fourth-order valence-corrected chi connectivity index (χ4v) is 2.39. The van der Waals surface area contributed by atoms with Crippen LogP contribution >= 0.6 is 11.3 Å². The summed E-state index contributed by atoms with van der Waals surface area (Å²) in [6.07, 6.45) is 0.677. The van der Waals surface area contributed by atoms with E-state index in [0.29, 0.717) is 28.2 Å². The molecule has 2 heterocycles. The fraction of sp³-hybridized carbons (Fsp3) is 0. The highest BCUT2D eigenvalue weighted by atomic mass is 32.1. The smallest absolute Gasteiger partial charge is 0.269 e. The summed E-state index contributed by atoms with van der Waals surface area (Å²) in [5.74, 6) is 0. The molecule has 0 saturated heterocycles. The Morgan fingerprint density at radius 1 is 1.32 bits per heavy atom. The van der Waals surface area contributed by atoms with Crippen molar-refractivity contribution in [3.8, 4) is 11.3 Å². The highest BCUT2D eigenvalue weighted by molar-refractivity contribution is 7.14. The molecule has 0 atom stereocenters. The van der Waals surface area contributed by atoms with Crippen LogP contribution in [-0.4, -0.2) is 25.8 Å². The molecule has 0 aliphatic carbocycles. The van der Waals surface area contributed by atoms with E-state index in [9.17, 15) is 14.9 Å². The van der Waals surface area contributed by atoms with Crippen LogP contribution in [0, 0.1) is 10.1 Å². The second-order valence-electron chi connectivity index (χ2n) is 3.70. The van der Waals surface area contributed by atoms with Crippen LogP contribution in [0.1, 0.15) is 10.5 Å². The van der Waals surface area contributed by atoms with Crippen LogP contribution in [-0.2, 0) is 0 Å². The average molecular weight is 274 g/mol. The van der Waals surface area contributed by atoms with Crippen molar-refractivity contribution < 1.29 is 9.72 Å². The van der Waals surface area contributed by atoms with E-state index in [1.165, 1.54) is 28.0 Å². The monoisotopic (exact) mass is 274 g/mol. The van der Waals surface area contributed by atoms with Gasteiger partial charge in [0.05, 0.1) is 4.92 Å². The minimum atomic E-state index is -0.474. The number of nitro groups is 1. The molecule has 0 unspecified atom stereocenters. The van der Waals surface area contributed by atoms with Crippen molar-refractivity contribution in [3.05, 3.63) is 45.6 Å². The summed E-state index contributed by atoms with van der Waals surface area (Å²) in [5, 5.41) is 14.6. The third-order valence-corrected chi connectivity index (χ3v) is 3.32. The zero-order chi connectivity index (χ0) is 13.4. The number of nitrogens with zero attached hydrogens (tertiary/aromatic N) is 4. The molecule has 0 radical (unpaired) electrons. The Kier molecular flexibility index (Phi) is 2.57. The first-order valence-corrected chi connectivity index (χ1v) is 6.11. The molecule has 0 N–H and O–H groups in total. The van der Waals surface area contributed by atoms with Crippen molar-refractivity contribution in [2.45, 2.75) is 0 Å². The second-order valence-corrected chi connectivity index (χ2v) is 4.51. The number of carbonyl (C=O) groups is 1. The lowest BCUT2D eigenvalue weighted by Crippen LogP contribution is -1.93. The number of carbonyl (C=O) groups excluding carboxylic acids is 1. The largest absolute Gasteiger partial charge is 0.296 e. The van der Waals surface area contributed by atoms with Crippen LogP contribution in [0.5, 0.6) is 0 Å². The molecule has 0 saturated carbocycles. The van der Waals surface area contributed by atoms with Crippen LogP contribution in [0.2, 0.25) is 0 Å². The number of benzene rings is 1. The van der Waals surface area contributed by atoms with E-state index in [0.717, 1.165) is 0 Å². The van der Waals surface area contributed by atoms with Crippen LogP contribution in [0.3, 0.4) is 0 Å². The molecule has 0 aliphatic heterocycles. The number of fused-ring (bicyclic) bond motifs is 1. The topological polar surface area (TPSA) is 90.4 Å². The van der Waals surface area contributed by atoms with Gasteiger partial charge in [0.15, 0.2) is 6.29 Å². The summed E-state index contributed by atoms with van der Waals surface area (Å²) in [6, 6.07) is 5.89. The van der Waals surface area contributed by atoms with Crippen LogP contribution < -0.4 is 0 Å². The standard InChI is InChI=1S/C11H6N4O3S/c16-5-9-10(13-11-14(9)12-6-19-11)7-1-3-8(4-2-7)15(17)18/h1-6H. The minimum Gasteiger partial charge on any atom is -0.296 e. The molecule has 7 nitrogen and oxygen atoms in total. The van der Waals surface area contributed by atoms with E-state index >= 15 is 0 Å². The third-order valence-electron chi connectivity index (χ3n) is 2.64. The second kappa shape index (κ2) is 4.25. The van der Waals surface area contributed by atoms with Crippen molar-refractivity contribution in [1.29, 1.82) is 0 Å². The first-order chi connectivity index (χ1) is 9.20. The number of aldehydes is 1. The van der Waals surface area contributed by atoms with Gasteiger partial charge in [-0.1, -0.05) is 11.3 Å². The zero-order valence-corrected chi connectivity index (χ0v) is 10.2. The summed E-state index contributed by atoms with van der Waals surface area (Å²) >= 11 is 1.31. The molecule has 0 aliphatic rings. The summed E-state index contributed by atoms with van der Waals surface area (Å²) in [6.45, 7) is 0. The molecule has 19 heavy (non-hydrogen) atoms. The van der Waals surface area contributed by atoms with Crippen molar-refractivity contribution in [2.24, 2.45) is 0 Å². The Hall–Kier alpha value is -2.61. The van der Waals surface area contributed by atoms with Gasteiger partial charge in [0.1, 0.15) is 16.9 Å². The molecule has 3 aromatic rings. The zero-order valence-electron chi connectivity index (χ0n) is 9.39. The summed E-state index contributed by atoms with van der Waals surface area (Å²) in [4.78, 5) is 26.2. The van der Waals surface area contributed by atoms with E-state index < -0.39 is 4.92 Å². The van der Waals surface area contributed by atoms with Gasteiger partial charge in [0.25, 0.3) is 5.69 Å². The van der Waals surface area contributed by atoms with Gasteiger partial charge in [0, 0.05) is 17.7 Å². The number of imidazole rings is 1. The van der Waals surface area contributed by atoms with E-state index in [-0.39, 0.29) is 5.69 Å². The molecule has 8 heteroatoms. The molecule has 94 valence electrons. The lowest BCUT2D eigenvalue weighted by molar-refractivity contribution is -0.384. The van der Waals surface area contributed by atoms with E-state index in [4.69, 9.17) is 0 Å². The Morgan fingerprint density at radius 2 is 2.05 bits per heavy atom. The van der Waals surface area contributed by atoms with Crippen molar-refractivity contribution in [2.75, 3.05) is 0 Å². The number of hydrogen-bond donors (Lipinski definition) is 0. The number of nitro benzene ring substituents is 1. The predicted octanol–water partition coefficient (Wildman–Crippen LogP) is 2.18. The van der Waals surface area contributed by atoms with Gasteiger partial charge >= 0.3 is 0 Å². The Balaban J connectivity index is 2.15. The van der Waals surface area contributed by atoms with Gasteiger partial charge < -0.3 is 0 Å². The average Bonchev–Trinajstić information content (AvgIpc) is 2.98. The van der Waals surface area contributed by atoms with Gasteiger partial charge in [0.2, 0.25) is 4.96 Å². The summed E-state index contributed by atoms with van der Waals surface area (Å²) in [5.41, 5.74) is 3.05. The number of rotatable bonds is 3. The molecular formula is C11H6N4O3S. The summed E-state index contributed by atoms with van der Waals surface area (Å²) in [7, 11) is 0. The van der Waals surface area contributed by atoms with Crippen molar-refractivity contribution >= 4 is 28.3 Å². The van der Waals surface area contributed by atoms with Crippen molar-refractivity contribution in [1.82, 2.24) is 14.6 Å². The third kappa shape index (κ3) is 1.78. The maximum absolute atomic E-state index is 11.1. The number of hydrogen-bond acceptors (Lipinski definition) is 6. The molecule has 2 aromatic heterocycles. The number of non-ortho nitro benzene ring substituents is 1. The van der Waals surface area contributed by atoms with Gasteiger partial charge in [-0.15, -0.1) is 0 Å². The van der Waals surface area contributed by atoms with Gasteiger partial charge in [-0.05, 0) is 12.1 Å². The predicted molar refractivity (Wildman–Crippen MR) is 68.3 cm³/mol. The van der Waals surface area contributed by atoms with Crippen LogP contribution in [0.25, 0.3) is 16.2 Å². The maximum atomic E-state index is 11.1. The van der Waals surface area contributed by atoms with Crippen LogP contribution in [0.4, 0.5) is 5.69 Å². The van der Waals surface area contributed by atoms with E-state index in [1.807, 2.05) is 0 Å². The fourth-order valence-electron chi connectivity index (χ4n) is 1.77. The minimum absolute atomic E-state index is 0.00412. The normalized spacial score (nSPS) is 10.7. The lowest BCUT2D eigenvalue weighted by atomic mass is 10.1. The summed E-state index contributed by atoms with van der Waals surface area (Å²) < 4.78 is 1.45. The SMILES string of the molecule is O=Cc1c(-c2ccc([N+](=O)[O-])cc2)nc2scnn12. The first-order valence-electron chi connectivity index (χ1n) is 5.23. The van der Waals surface area contributed by atoms with Gasteiger partial charge in [-0.25, -0.2) is 4.98 Å². The molecule has 0 spiro atoms. The van der Waals surface area contributed by atoms with Gasteiger partial charge in [-0.2, -0.15) is 9.61 Å². The number of aromatic nitrogens is 3. The quantitative estimate of drug-likeness (QED) is 0.414. The highest BCUT2D eigenvalue weighted by Crippen LogP contribution is 2.26. The van der Waals surface area contributed by atoms with Crippen molar-refractivity contribution in [3.63, 3.8) is 0 Å². The van der Waals surface area contributed by atoms with Crippen LogP contribution in [0.15, 0.2) is 29.8 Å². The maximum Gasteiger partial charge on any atom is 0.269 e. The molecular weight excluding hydrogens is 268 g/mol. The highest BCUT2D eigenvalue weighted by Gasteiger charge is 2.16. The Bertz CT molecular complexity index is 775. The molecule has 0 amide bonds.